The molecule has 3 rings (SSSR count). The number of benzene rings is 2. The number of esters is 1. The van der Waals surface area contributed by atoms with Crippen molar-refractivity contribution in [2.24, 2.45) is 0 Å². The van der Waals surface area contributed by atoms with Crippen molar-refractivity contribution < 1.29 is 9.53 Å². The van der Waals surface area contributed by atoms with E-state index in [1.165, 1.54) is 12.8 Å². The number of ether oxygens (including phenoxy) is 1. The predicted octanol–water partition coefficient (Wildman–Crippen LogP) is 5.80. The largest absolute Gasteiger partial charge is 0.465 e. The molecular formula is C20H19Cl2NO2. The van der Waals surface area contributed by atoms with Crippen LogP contribution >= 0.6 is 23.2 Å². The molecular weight excluding hydrogens is 357 g/mol. The first-order valence-corrected chi connectivity index (χ1v) is 8.94. The van der Waals surface area contributed by atoms with Gasteiger partial charge in [-0.1, -0.05) is 42.6 Å². The van der Waals surface area contributed by atoms with Crippen molar-refractivity contribution in [3.05, 3.63) is 68.8 Å². The number of fused-ring (bicyclic) bond motifs is 1. The number of hydrogen-bond donors (Lipinski definition) is 1. The third-order valence-corrected chi connectivity index (χ3v) is 4.88. The molecule has 1 heterocycles. The smallest absolute Gasteiger partial charge is 0.337 e. The van der Waals surface area contributed by atoms with Gasteiger partial charge in [0.05, 0.1) is 12.7 Å². The maximum Gasteiger partial charge on any atom is 0.337 e. The number of carbonyl (C=O) groups is 1. The quantitative estimate of drug-likeness (QED) is 0.572. The Morgan fingerprint density at radius 2 is 1.96 bits per heavy atom. The number of methoxy groups -OCH3 is 1. The maximum absolute atomic E-state index is 11.9. The minimum absolute atomic E-state index is 0.337. The number of aromatic nitrogens is 1. The van der Waals surface area contributed by atoms with Gasteiger partial charge in [0.25, 0.3) is 0 Å². The summed E-state index contributed by atoms with van der Waals surface area (Å²) in [5, 5.41) is 2.29. The maximum atomic E-state index is 11.9. The molecule has 3 nitrogen and oxygen atoms in total. The average molecular weight is 376 g/mol. The number of hydrogen-bond acceptors (Lipinski definition) is 2. The number of halogens is 2. The van der Waals surface area contributed by atoms with Crippen molar-refractivity contribution >= 4 is 40.1 Å². The van der Waals surface area contributed by atoms with Gasteiger partial charge in [-0.05, 0) is 47.9 Å². The number of nitrogens with one attached hydrogen (secondary N) is 1. The summed E-state index contributed by atoms with van der Waals surface area (Å²) < 4.78 is 4.85. The van der Waals surface area contributed by atoms with Crippen molar-refractivity contribution in [1.29, 1.82) is 0 Å². The zero-order valence-corrected chi connectivity index (χ0v) is 15.7. The predicted molar refractivity (Wildman–Crippen MR) is 103 cm³/mol. The fraction of sp³-hybridized carbons (Fsp3) is 0.250. The second kappa shape index (κ2) is 7.51. The van der Waals surface area contributed by atoms with Crippen molar-refractivity contribution in [2.45, 2.75) is 26.2 Å². The third kappa shape index (κ3) is 3.68. The zero-order chi connectivity index (χ0) is 18.0. The van der Waals surface area contributed by atoms with Gasteiger partial charge in [0.1, 0.15) is 0 Å². The molecule has 130 valence electrons. The van der Waals surface area contributed by atoms with Gasteiger partial charge in [0.15, 0.2) is 0 Å². The van der Waals surface area contributed by atoms with E-state index in [4.69, 9.17) is 27.9 Å². The highest BCUT2D eigenvalue weighted by Crippen LogP contribution is 2.30. The van der Waals surface area contributed by atoms with E-state index in [0.29, 0.717) is 22.0 Å². The molecule has 0 saturated carbocycles. The van der Waals surface area contributed by atoms with E-state index in [1.54, 1.807) is 12.1 Å². The number of rotatable bonds is 5. The van der Waals surface area contributed by atoms with Gasteiger partial charge in [-0.25, -0.2) is 4.79 Å². The lowest BCUT2D eigenvalue weighted by Crippen LogP contribution is -2.00. The van der Waals surface area contributed by atoms with Crippen LogP contribution in [0.25, 0.3) is 10.9 Å². The molecule has 0 aliphatic carbocycles. The number of aryl methyl sites for hydroxylation is 1. The molecule has 0 radical (unpaired) electrons. The Hall–Kier alpha value is -1.97. The molecule has 3 aromatic rings. The van der Waals surface area contributed by atoms with Crippen LogP contribution in [0.3, 0.4) is 0 Å². The van der Waals surface area contributed by atoms with Crippen LogP contribution in [0.2, 0.25) is 10.0 Å². The molecule has 0 unspecified atom stereocenters. The van der Waals surface area contributed by atoms with Crippen LogP contribution in [0.5, 0.6) is 0 Å². The van der Waals surface area contributed by atoms with E-state index in [2.05, 4.69) is 11.9 Å². The summed E-state index contributed by atoms with van der Waals surface area (Å²) >= 11 is 12.4. The van der Waals surface area contributed by atoms with E-state index >= 15 is 0 Å². The van der Waals surface area contributed by atoms with Crippen LogP contribution < -0.4 is 0 Å². The Morgan fingerprint density at radius 1 is 1.16 bits per heavy atom. The summed E-state index contributed by atoms with van der Waals surface area (Å²) in [4.78, 5) is 15.4. The fourth-order valence-corrected chi connectivity index (χ4v) is 3.54. The lowest BCUT2D eigenvalue weighted by Gasteiger charge is -2.08. The fourth-order valence-electron chi connectivity index (χ4n) is 3.07. The standard InChI is InChI=1S/C20H19Cl2NO2/c1-3-4-18-15(9-12-5-7-14(21)11-17(12)22)16-10-13(20(24)25-2)6-8-19(16)23-18/h5-8,10-11,23H,3-4,9H2,1-2H3. The van der Waals surface area contributed by atoms with Gasteiger partial charge >= 0.3 is 5.97 Å². The number of carbonyl (C=O) groups excluding carboxylic acids is 1. The van der Waals surface area contributed by atoms with E-state index in [0.717, 1.165) is 34.9 Å². The average Bonchev–Trinajstić information content (AvgIpc) is 2.93. The molecule has 0 aliphatic rings. The highest BCUT2D eigenvalue weighted by Gasteiger charge is 2.15. The molecule has 0 fully saturated rings. The monoisotopic (exact) mass is 375 g/mol. The molecule has 0 spiro atoms. The molecule has 0 bridgehead atoms. The molecule has 5 heteroatoms. The summed E-state index contributed by atoms with van der Waals surface area (Å²) in [6.45, 7) is 2.14. The van der Waals surface area contributed by atoms with Crippen LogP contribution in [0.1, 0.15) is 40.5 Å². The van der Waals surface area contributed by atoms with E-state index in [1.807, 2.05) is 24.3 Å². The van der Waals surface area contributed by atoms with Crippen molar-refractivity contribution in [1.82, 2.24) is 4.98 Å². The van der Waals surface area contributed by atoms with Crippen LogP contribution in [-0.4, -0.2) is 18.1 Å². The molecule has 25 heavy (non-hydrogen) atoms. The van der Waals surface area contributed by atoms with Gasteiger partial charge in [0, 0.05) is 33.1 Å². The molecule has 2 aromatic carbocycles. The van der Waals surface area contributed by atoms with Gasteiger partial charge in [-0.3, -0.25) is 0 Å². The Labute approximate surface area is 156 Å². The Kier molecular flexibility index (Phi) is 5.36. The summed E-state index contributed by atoms with van der Waals surface area (Å²) in [6, 6.07) is 11.1. The zero-order valence-electron chi connectivity index (χ0n) is 14.2. The number of H-pyrrole nitrogens is 1. The highest BCUT2D eigenvalue weighted by atomic mass is 35.5. The van der Waals surface area contributed by atoms with E-state index < -0.39 is 0 Å². The summed E-state index contributed by atoms with van der Waals surface area (Å²) in [6.07, 6.45) is 2.64. The minimum atomic E-state index is -0.337. The van der Waals surface area contributed by atoms with Crippen molar-refractivity contribution in [3.8, 4) is 0 Å². The molecule has 1 N–H and O–H groups in total. The van der Waals surface area contributed by atoms with E-state index in [-0.39, 0.29) is 5.97 Å². The second-order valence-corrected chi connectivity index (χ2v) is 6.84. The lowest BCUT2D eigenvalue weighted by molar-refractivity contribution is 0.0601. The highest BCUT2D eigenvalue weighted by molar-refractivity contribution is 6.35. The Balaban J connectivity index is 2.12. The van der Waals surface area contributed by atoms with Gasteiger partial charge in [0.2, 0.25) is 0 Å². The summed E-state index contributed by atoms with van der Waals surface area (Å²) in [7, 11) is 1.39. The third-order valence-electron chi connectivity index (χ3n) is 4.30. The van der Waals surface area contributed by atoms with Crippen molar-refractivity contribution in [3.63, 3.8) is 0 Å². The first-order valence-electron chi connectivity index (χ1n) is 8.19. The Bertz CT molecular complexity index is 931. The van der Waals surface area contributed by atoms with Gasteiger partial charge in [-0.2, -0.15) is 0 Å². The molecule has 1 aromatic heterocycles. The van der Waals surface area contributed by atoms with Crippen LogP contribution in [-0.2, 0) is 17.6 Å². The number of aromatic amines is 1. The minimum Gasteiger partial charge on any atom is -0.465 e. The van der Waals surface area contributed by atoms with E-state index in [9.17, 15) is 4.79 Å². The van der Waals surface area contributed by atoms with Crippen molar-refractivity contribution in [2.75, 3.05) is 7.11 Å². The molecule has 0 saturated heterocycles. The Morgan fingerprint density at radius 3 is 2.64 bits per heavy atom. The van der Waals surface area contributed by atoms with Gasteiger partial charge in [-0.15, -0.1) is 0 Å². The normalized spacial score (nSPS) is 11.0. The second-order valence-electron chi connectivity index (χ2n) is 6.00. The first-order chi connectivity index (χ1) is 12.0. The van der Waals surface area contributed by atoms with Gasteiger partial charge < -0.3 is 9.72 Å². The summed E-state index contributed by atoms with van der Waals surface area (Å²) in [5.41, 5.74) is 4.89. The lowest BCUT2D eigenvalue weighted by atomic mass is 9.99. The topological polar surface area (TPSA) is 42.1 Å². The van der Waals surface area contributed by atoms with Crippen LogP contribution in [0.15, 0.2) is 36.4 Å². The van der Waals surface area contributed by atoms with Crippen LogP contribution in [0, 0.1) is 0 Å². The SMILES string of the molecule is CCCc1[nH]c2ccc(C(=O)OC)cc2c1Cc1ccc(Cl)cc1Cl. The molecule has 0 atom stereocenters. The first kappa shape index (κ1) is 17.8. The molecule has 0 aliphatic heterocycles. The van der Waals surface area contributed by atoms with Crippen LogP contribution in [0.4, 0.5) is 0 Å². The molecule has 0 amide bonds. The summed E-state index contributed by atoms with van der Waals surface area (Å²) in [5.74, 6) is -0.337.